The van der Waals surface area contributed by atoms with E-state index in [0.717, 1.165) is 36.1 Å². The van der Waals surface area contributed by atoms with Crippen LogP contribution in [0, 0.1) is 0 Å². The molecule has 0 bridgehead atoms. The smallest absolute Gasteiger partial charge is 0.316 e. The number of hydrogen-bond donors (Lipinski definition) is 2. The third-order valence-corrected chi connectivity index (χ3v) is 3.79. The van der Waals surface area contributed by atoms with Crippen LogP contribution in [0.5, 0.6) is 5.88 Å². The maximum absolute atomic E-state index is 11.3. The van der Waals surface area contributed by atoms with Crippen LogP contribution in [0.1, 0.15) is 17.5 Å². The van der Waals surface area contributed by atoms with Crippen molar-refractivity contribution >= 4 is 41.3 Å². The Morgan fingerprint density at radius 3 is 2.86 bits per heavy atom. The molecule has 3 N–H and O–H groups in total. The van der Waals surface area contributed by atoms with Crippen molar-refractivity contribution in [2.45, 2.75) is 19.3 Å². The molecule has 5 nitrogen and oxygen atoms in total. The predicted molar refractivity (Wildman–Crippen MR) is 87.2 cm³/mol. The average molecular weight is 306 g/mol. The molecule has 1 aliphatic carbocycles. The summed E-state index contributed by atoms with van der Waals surface area (Å²) in [6.07, 6.45) is 4.80. The molecule has 0 saturated heterocycles. The molecule has 0 saturated carbocycles. The summed E-state index contributed by atoms with van der Waals surface area (Å²) in [7, 11) is 1.58. The number of urea groups is 1. The first-order valence-electron chi connectivity index (χ1n) is 6.90. The molecular weight excluding hydrogens is 289 g/mol. The Balaban J connectivity index is 0.00000176. The Bertz CT molecular complexity index is 704. The standard InChI is InChI=1S/C16H17N3O2.Na/c1-21-14-9-11(7-8-18-14)13-6-5-10-3-2-4-12(10)15(13)19-16(17)20;/h5-9H,2-4H2,1H3,(H3,17,19,20);. The van der Waals surface area contributed by atoms with E-state index in [2.05, 4.69) is 16.4 Å². The fourth-order valence-electron chi connectivity index (χ4n) is 2.86. The molecule has 2 amide bonds. The van der Waals surface area contributed by atoms with E-state index in [1.807, 2.05) is 18.2 Å². The fraction of sp³-hybridized carbons (Fsp3) is 0.250. The number of aryl methyl sites for hydroxylation is 1. The van der Waals surface area contributed by atoms with Crippen LogP contribution in [0.2, 0.25) is 0 Å². The summed E-state index contributed by atoms with van der Waals surface area (Å²) in [6.45, 7) is 0. The number of aromatic nitrogens is 1. The number of nitrogens with zero attached hydrogens (tertiary/aromatic N) is 1. The van der Waals surface area contributed by atoms with Crippen LogP contribution in [0.15, 0.2) is 30.5 Å². The monoisotopic (exact) mass is 306 g/mol. The number of hydrogen-bond acceptors (Lipinski definition) is 3. The van der Waals surface area contributed by atoms with Crippen LogP contribution < -0.4 is 15.8 Å². The minimum Gasteiger partial charge on any atom is -0.481 e. The summed E-state index contributed by atoms with van der Waals surface area (Å²) >= 11 is 0. The molecule has 2 aromatic rings. The van der Waals surface area contributed by atoms with Gasteiger partial charge in [0, 0.05) is 47.4 Å². The van der Waals surface area contributed by atoms with Gasteiger partial charge >= 0.3 is 6.03 Å². The molecule has 1 aromatic heterocycles. The normalized spacial score (nSPS) is 12.2. The van der Waals surface area contributed by atoms with Gasteiger partial charge in [-0.2, -0.15) is 0 Å². The van der Waals surface area contributed by atoms with Crippen molar-refractivity contribution in [3.8, 4) is 17.0 Å². The second-order valence-electron chi connectivity index (χ2n) is 5.06. The number of pyridine rings is 1. The van der Waals surface area contributed by atoms with Gasteiger partial charge in [0.05, 0.1) is 12.8 Å². The second-order valence-corrected chi connectivity index (χ2v) is 5.06. The molecular formula is C16H17N3NaO2. The summed E-state index contributed by atoms with van der Waals surface area (Å²) in [6, 6.07) is 7.34. The van der Waals surface area contributed by atoms with Gasteiger partial charge in [-0.3, -0.25) is 0 Å². The summed E-state index contributed by atoms with van der Waals surface area (Å²) < 4.78 is 5.17. The molecule has 6 heteroatoms. The molecule has 0 unspecified atom stereocenters. The number of amides is 2. The molecule has 109 valence electrons. The first kappa shape index (κ1) is 16.8. The zero-order valence-corrected chi connectivity index (χ0v) is 14.8. The van der Waals surface area contributed by atoms with Crippen molar-refractivity contribution in [1.29, 1.82) is 0 Å². The summed E-state index contributed by atoms with van der Waals surface area (Å²) in [5.41, 5.74) is 10.5. The van der Waals surface area contributed by atoms with E-state index in [1.54, 1.807) is 13.3 Å². The Kier molecular flexibility index (Phi) is 5.45. The van der Waals surface area contributed by atoms with Crippen molar-refractivity contribution in [3.63, 3.8) is 0 Å². The van der Waals surface area contributed by atoms with Gasteiger partial charge in [0.1, 0.15) is 0 Å². The van der Waals surface area contributed by atoms with Gasteiger partial charge < -0.3 is 15.8 Å². The van der Waals surface area contributed by atoms with Crippen molar-refractivity contribution in [2.75, 3.05) is 12.4 Å². The van der Waals surface area contributed by atoms with Crippen LogP contribution in [-0.2, 0) is 12.8 Å². The number of methoxy groups -OCH3 is 1. The number of carbonyl (C=O) groups excluding carboxylic acids is 1. The summed E-state index contributed by atoms with van der Waals surface area (Å²) in [5, 5.41) is 2.79. The van der Waals surface area contributed by atoms with E-state index in [-0.39, 0.29) is 29.6 Å². The predicted octanol–water partition coefficient (Wildman–Crippen LogP) is 2.36. The minimum absolute atomic E-state index is 0. The maximum Gasteiger partial charge on any atom is 0.316 e. The molecule has 1 heterocycles. The van der Waals surface area contributed by atoms with Gasteiger partial charge in [0.15, 0.2) is 0 Å². The van der Waals surface area contributed by atoms with Crippen LogP contribution >= 0.6 is 0 Å². The quantitative estimate of drug-likeness (QED) is 0.855. The van der Waals surface area contributed by atoms with Crippen molar-refractivity contribution in [3.05, 3.63) is 41.6 Å². The number of carbonyl (C=O) groups is 1. The average Bonchev–Trinajstić information content (AvgIpc) is 2.96. The molecule has 0 atom stereocenters. The maximum atomic E-state index is 11.3. The van der Waals surface area contributed by atoms with E-state index in [1.165, 1.54) is 11.1 Å². The van der Waals surface area contributed by atoms with Gasteiger partial charge in [-0.25, -0.2) is 9.78 Å². The summed E-state index contributed by atoms with van der Waals surface area (Å²) in [5.74, 6) is 0.540. The fourth-order valence-corrected chi connectivity index (χ4v) is 2.86. The van der Waals surface area contributed by atoms with Crippen LogP contribution in [0.25, 0.3) is 11.1 Å². The summed E-state index contributed by atoms with van der Waals surface area (Å²) in [4.78, 5) is 15.5. The zero-order chi connectivity index (χ0) is 14.8. The Labute approximate surface area is 151 Å². The van der Waals surface area contributed by atoms with Gasteiger partial charge in [-0.05, 0) is 42.0 Å². The number of fused-ring (bicyclic) bond motifs is 1. The first-order valence-corrected chi connectivity index (χ1v) is 6.90. The van der Waals surface area contributed by atoms with Gasteiger partial charge in [-0.1, -0.05) is 12.1 Å². The van der Waals surface area contributed by atoms with Crippen LogP contribution in [0.4, 0.5) is 10.5 Å². The number of nitrogens with two attached hydrogens (primary N) is 1. The number of primary amides is 1. The van der Waals surface area contributed by atoms with Crippen molar-refractivity contribution in [1.82, 2.24) is 4.98 Å². The number of anilines is 1. The van der Waals surface area contributed by atoms with E-state index in [0.29, 0.717) is 5.88 Å². The number of nitrogens with one attached hydrogen (secondary N) is 1. The first-order chi connectivity index (χ1) is 10.2. The molecule has 1 aliphatic rings. The van der Waals surface area contributed by atoms with E-state index < -0.39 is 6.03 Å². The van der Waals surface area contributed by atoms with Crippen molar-refractivity contribution < 1.29 is 9.53 Å². The molecule has 1 aromatic carbocycles. The van der Waals surface area contributed by atoms with Gasteiger partial charge in [0.2, 0.25) is 5.88 Å². The molecule has 22 heavy (non-hydrogen) atoms. The molecule has 0 spiro atoms. The third kappa shape index (κ3) is 3.27. The number of rotatable bonds is 3. The number of benzene rings is 1. The van der Waals surface area contributed by atoms with Gasteiger partial charge in [-0.15, -0.1) is 0 Å². The third-order valence-electron chi connectivity index (χ3n) is 3.79. The SMILES string of the molecule is COc1cc(-c2ccc3c(c2NC(N)=O)CCC3)ccn1.[Na]. The molecule has 3 rings (SSSR count). The second kappa shape index (κ2) is 7.13. The molecule has 0 aliphatic heterocycles. The largest absolute Gasteiger partial charge is 0.481 e. The van der Waals surface area contributed by atoms with E-state index in [4.69, 9.17) is 10.5 Å². The molecule has 0 fully saturated rings. The van der Waals surface area contributed by atoms with Crippen LogP contribution in [-0.4, -0.2) is 47.7 Å². The van der Waals surface area contributed by atoms with E-state index >= 15 is 0 Å². The van der Waals surface area contributed by atoms with Crippen LogP contribution in [0.3, 0.4) is 0 Å². The Morgan fingerprint density at radius 2 is 2.14 bits per heavy atom. The Morgan fingerprint density at radius 1 is 1.32 bits per heavy atom. The van der Waals surface area contributed by atoms with E-state index in [9.17, 15) is 4.79 Å². The number of ether oxygens (including phenoxy) is 1. The zero-order valence-electron chi connectivity index (χ0n) is 12.8. The Hall–Kier alpha value is -1.56. The van der Waals surface area contributed by atoms with Crippen molar-refractivity contribution in [2.24, 2.45) is 5.73 Å². The molecule has 1 radical (unpaired) electrons. The topological polar surface area (TPSA) is 77.2 Å². The van der Waals surface area contributed by atoms with Gasteiger partial charge in [0.25, 0.3) is 0 Å². The minimum atomic E-state index is -0.544.